The van der Waals surface area contributed by atoms with Crippen LogP contribution in [0.25, 0.3) is 0 Å². The highest BCUT2D eigenvalue weighted by Crippen LogP contribution is 2.34. The minimum atomic E-state index is -4.83. The molecule has 0 saturated carbocycles. The second-order valence-electron chi connectivity index (χ2n) is 3.66. The molecule has 2 aromatic rings. The van der Waals surface area contributed by atoms with Crippen molar-refractivity contribution in [2.24, 2.45) is 0 Å². The summed E-state index contributed by atoms with van der Waals surface area (Å²) in [7, 11) is 0. The molecule has 0 radical (unpaired) electrons. The highest BCUT2D eigenvalue weighted by Gasteiger charge is 2.32. The summed E-state index contributed by atoms with van der Waals surface area (Å²) in [5.41, 5.74) is 0.0172. The molecule has 3 nitrogen and oxygen atoms in total. The first-order chi connectivity index (χ1) is 9.33. The molecule has 1 N–H and O–H groups in total. The normalized spacial score (nSPS) is 11.2. The van der Waals surface area contributed by atoms with Crippen LogP contribution in [0.1, 0.15) is 0 Å². The van der Waals surface area contributed by atoms with Gasteiger partial charge < -0.3 is 10.1 Å². The van der Waals surface area contributed by atoms with E-state index < -0.39 is 18.1 Å². The van der Waals surface area contributed by atoms with Gasteiger partial charge in [0, 0.05) is 4.47 Å². The summed E-state index contributed by atoms with van der Waals surface area (Å²) < 4.78 is 54.2. The van der Waals surface area contributed by atoms with Gasteiger partial charge in [-0.1, -0.05) is 22.0 Å². The van der Waals surface area contributed by atoms with E-state index in [0.717, 1.165) is 12.1 Å². The molecule has 0 aliphatic rings. The van der Waals surface area contributed by atoms with Gasteiger partial charge in [0.25, 0.3) is 0 Å². The number of halogens is 5. The highest BCUT2D eigenvalue weighted by molar-refractivity contribution is 9.10. The molecular weight excluding hydrogens is 344 g/mol. The number of alkyl halides is 3. The molecule has 0 atom stereocenters. The Morgan fingerprint density at radius 3 is 2.55 bits per heavy atom. The Kier molecular flexibility index (Phi) is 4.12. The van der Waals surface area contributed by atoms with Crippen molar-refractivity contribution in [3.8, 4) is 5.75 Å². The Morgan fingerprint density at radius 1 is 1.15 bits per heavy atom. The monoisotopic (exact) mass is 350 g/mol. The fourth-order valence-corrected chi connectivity index (χ4v) is 1.76. The lowest BCUT2D eigenvalue weighted by Gasteiger charge is -2.14. The molecule has 8 heteroatoms. The summed E-state index contributed by atoms with van der Waals surface area (Å²) in [5, 5.41) is 2.57. The number of rotatable bonds is 3. The number of hydrogen-bond donors (Lipinski definition) is 1. The first kappa shape index (κ1) is 14.6. The SMILES string of the molecule is Fc1cccc(Nc2ccc(Br)cc2OC(F)(F)F)n1. The van der Waals surface area contributed by atoms with Crippen molar-refractivity contribution in [2.45, 2.75) is 6.36 Å². The zero-order valence-corrected chi connectivity index (χ0v) is 11.3. The number of benzene rings is 1. The molecule has 0 aliphatic carbocycles. The fourth-order valence-electron chi connectivity index (χ4n) is 1.42. The van der Waals surface area contributed by atoms with E-state index in [4.69, 9.17) is 0 Å². The van der Waals surface area contributed by atoms with Gasteiger partial charge in [-0.05, 0) is 30.3 Å². The van der Waals surface area contributed by atoms with Crippen LogP contribution in [-0.4, -0.2) is 11.3 Å². The zero-order chi connectivity index (χ0) is 14.8. The lowest BCUT2D eigenvalue weighted by molar-refractivity contribution is -0.274. The third-order valence-electron chi connectivity index (χ3n) is 2.15. The number of nitrogens with one attached hydrogen (secondary N) is 1. The number of pyridine rings is 1. The predicted octanol–water partition coefficient (Wildman–Crippen LogP) is 4.63. The van der Waals surface area contributed by atoms with Gasteiger partial charge >= 0.3 is 6.36 Å². The molecule has 106 valence electrons. The smallest absolute Gasteiger partial charge is 0.404 e. The van der Waals surface area contributed by atoms with E-state index in [9.17, 15) is 17.6 Å². The van der Waals surface area contributed by atoms with E-state index >= 15 is 0 Å². The van der Waals surface area contributed by atoms with E-state index in [1.165, 1.54) is 24.3 Å². The van der Waals surface area contributed by atoms with Crippen molar-refractivity contribution >= 4 is 27.4 Å². The molecule has 0 saturated heterocycles. The fraction of sp³-hybridized carbons (Fsp3) is 0.0833. The molecule has 1 aromatic heterocycles. The summed E-state index contributed by atoms with van der Waals surface area (Å²) in [6, 6.07) is 7.95. The Balaban J connectivity index is 2.31. The van der Waals surface area contributed by atoms with Crippen molar-refractivity contribution in [2.75, 3.05) is 5.32 Å². The standard InChI is InChI=1S/C12H7BrF4N2O/c13-7-4-5-8(9(6-7)20-12(15,16)17)18-11-3-1-2-10(14)19-11/h1-6H,(H,18,19). The van der Waals surface area contributed by atoms with E-state index in [0.29, 0.717) is 4.47 Å². The Morgan fingerprint density at radius 2 is 1.90 bits per heavy atom. The minimum Gasteiger partial charge on any atom is -0.404 e. The van der Waals surface area contributed by atoms with Crippen LogP contribution >= 0.6 is 15.9 Å². The molecule has 0 amide bonds. The van der Waals surface area contributed by atoms with E-state index in [2.05, 4.69) is 31.0 Å². The number of nitrogens with zero attached hydrogens (tertiary/aromatic N) is 1. The van der Waals surface area contributed by atoms with Crippen LogP contribution in [0.2, 0.25) is 0 Å². The van der Waals surface area contributed by atoms with Gasteiger partial charge in [-0.2, -0.15) is 4.39 Å². The van der Waals surface area contributed by atoms with E-state index in [1.54, 1.807) is 0 Å². The van der Waals surface area contributed by atoms with E-state index in [-0.39, 0.29) is 11.5 Å². The minimum absolute atomic E-state index is 0.0172. The average Bonchev–Trinajstić information content (AvgIpc) is 2.31. The van der Waals surface area contributed by atoms with Crippen LogP contribution in [0, 0.1) is 5.95 Å². The van der Waals surface area contributed by atoms with Crippen LogP contribution in [0.15, 0.2) is 40.9 Å². The number of anilines is 2. The van der Waals surface area contributed by atoms with Crippen LogP contribution in [-0.2, 0) is 0 Å². The third-order valence-corrected chi connectivity index (χ3v) is 2.64. The lowest BCUT2D eigenvalue weighted by atomic mass is 10.3. The largest absolute Gasteiger partial charge is 0.573 e. The second-order valence-corrected chi connectivity index (χ2v) is 4.57. The van der Waals surface area contributed by atoms with Gasteiger partial charge in [0.15, 0.2) is 5.75 Å². The van der Waals surface area contributed by atoms with Crippen LogP contribution in [0.4, 0.5) is 29.1 Å². The molecule has 0 aliphatic heterocycles. The maximum atomic E-state index is 12.9. The summed E-state index contributed by atoms with van der Waals surface area (Å²) in [6.45, 7) is 0. The number of hydrogen-bond acceptors (Lipinski definition) is 3. The quantitative estimate of drug-likeness (QED) is 0.647. The second kappa shape index (κ2) is 5.66. The van der Waals surface area contributed by atoms with Gasteiger partial charge in [-0.3, -0.25) is 0 Å². The van der Waals surface area contributed by atoms with Crippen molar-refractivity contribution in [3.05, 3.63) is 46.8 Å². The lowest BCUT2D eigenvalue weighted by Crippen LogP contribution is -2.18. The summed E-state index contributed by atoms with van der Waals surface area (Å²) in [4.78, 5) is 3.50. The summed E-state index contributed by atoms with van der Waals surface area (Å²) >= 11 is 3.05. The molecule has 2 rings (SSSR count). The summed E-state index contributed by atoms with van der Waals surface area (Å²) in [6.07, 6.45) is -4.83. The van der Waals surface area contributed by atoms with Gasteiger partial charge in [0.1, 0.15) is 5.82 Å². The van der Waals surface area contributed by atoms with Gasteiger partial charge in [-0.15, -0.1) is 13.2 Å². The zero-order valence-electron chi connectivity index (χ0n) is 9.71. The molecule has 0 spiro atoms. The highest BCUT2D eigenvalue weighted by atomic mass is 79.9. The van der Waals surface area contributed by atoms with Gasteiger partial charge in [0.2, 0.25) is 5.95 Å². The molecule has 1 heterocycles. The Labute approximate surface area is 119 Å². The first-order valence-corrected chi connectivity index (χ1v) is 6.08. The topological polar surface area (TPSA) is 34.1 Å². The first-order valence-electron chi connectivity index (χ1n) is 5.28. The van der Waals surface area contributed by atoms with Crippen molar-refractivity contribution in [3.63, 3.8) is 0 Å². The number of ether oxygens (including phenoxy) is 1. The molecule has 1 aromatic carbocycles. The Bertz CT molecular complexity index is 619. The maximum Gasteiger partial charge on any atom is 0.573 e. The molecule has 0 fully saturated rings. The van der Waals surface area contributed by atoms with Crippen molar-refractivity contribution < 1.29 is 22.3 Å². The molecular formula is C12H7BrF4N2O. The molecule has 0 unspecified atom stereocenters. The van der Waals surface area contributed by atoms with Gasteiger partial charge in [-0.25, -0.2) is 4.98 Å². The average molecular weight is 351 g/mol. The van der Waals surface area contributed by atoms with Crippen LogP contribution in [0.5, 0.6) is 5.75 Å². The maximum absolute atomic E-state index is 12.9. The third kappa shape index (κ3) is 4.09. The summed E-state index contributed by atoms with van der Waals surface area (Å²) in [5.74, 6) is -1.12. The van der Waals surface area contributed by atoms with Crippen molar-refractivity contribution in [1.29, 1.82) is 0 Å². The van der Waals surface area contributed by atoms with Crippen LogP contribution in [0.3, 0.4) is 0 Å². The Hall–Kier alpha value is -1.83. The molecule has 20 heavy (non-hydrogen) atoms. The van der Waals surface area contributed by atoms with Gasteiger partial charge in [0.05, 0.1) is 5.69 Å². The predicted molar refractivity (Wildman–Crippen MR) is 68.3 cm³/mol. The van der Waals surface area contributed by atoms with E-state index in [1.807, 2.05) is 0 Å². The number of aromatic nitrogens is 1. The van der Waals surface area contributed by atoms with Crippen molar-refractivity contribution in [1.82, 2.24) is 4.98 Å². The van der Waals surface area contributed by atoms with Crippen LogP contribution < -0.4 is 10.1 Å². The molecule has 0 bridgehead atoms.